The Morgan fingerprint density at radius 2 is 1.84 bits per heavy atom. The molecule has 0 radical (unpaired) electrons. The molecule has 0 atom stereocenters. The Hall–Kier alpha value is -3.21. The summed E-state index contributed by atoms with van der Waals surface area (Å²) in [5.41, 5.74) is 1.65. The van der Waals surface area contributed by atoms with Crippen molar-refractivity contribution in [2.75, 3.05) is 39.3 Å². The Labute approximate surface area is 218 Å². The van der Waals surface area contributed by atoms with Gasteiger partial charge in [-0.25, -0.2) is 9.78 Å². The van der Waals surface area contributed by atoms with Crippen molar-refractivity contribution < 1.29 is 19.2 Å². The summed E-state index contributed by atoms with van der Waals surface area (Å²) < 4.78 is 2.10. The second-order valence-electron chi connectivity index (χ2n) is 10.5. The van der Waals surface area contributed by atoms with Gasteiger partial charge in [0.25, 0.3) is 5.91 Å². The molecule has 37 heavy (non-hydrogen) atoms. The molecule has 3 aliphatic rings. The Morgan fingerprint density at radius 3 is 2.49 bits per heavy atom. The number of nitrogens with one attached hydrogen (secondary N) is 2. The molecule has 3 fully saturated rings. The van der Waals surface area contributed by atoms with Gasteiger partial charge in [-0.15, -0.1) is 0 Å². The lowest BCUT2D eigenvalue weighted by atomic mass is 10.1. The van der Waals surface area contributed by atoms with E-state index in [2.05, 4.69) is 38.9 Å². The van der Waals surface area contributed by atoms with Crippen molar-refractivity contribution in [3.05, 3.63) is 23.4 Å². The lowest BCUT2D eigenvalue weighted by Crippen LogP contribution is -2.53. The molecule has 1 aliphatic carbocycles. The molecule has 0 bridgehead atoms. The van der Waals surface area contributed by atoms with Gasteiger partial charge >= 0.3 is 6.03 Å². The third-order valence-corrected chi connectivity index (χ3v) is 7.38. The number of carbonyl (C=O) groups is 4. The van der Waals surface area contributed by atoms with Crippen LogP contribution in [0.4, 0.5) is 4.79 Å². The van der Waals surface area contributed by atoms with Crippen molar-refractivity contribution in [1.82, 2.24) is 34.9 Å². The summed E-state index contributed by atoms with van der Waals surface area (Å²) in [6.07, 6.45) is 8.87. The number of hydrogen-bond donors (Lipinski definition) is 2. The molecule has 2 saturated heterocycles. The van der Waals surface area contributed by atoms with Crippen molar-refractivity contribution in [3.63, 3.8) is 0 Å². The minimum atomic E-state index is -0.521. The smallest absolute Gasteiger partial charge is 0.317 e. The van der Waals surface area contributed by atoms with Gasteiger partial charge in [-0.3, -0.25) is 24.2 Å². The van der Waals surface area contributed by atoms with E-state index in [9.17, 15) is 19.2 Å². The van der Waals surface area contributed by atoms with Crippen LogP contribution in [-0.2, 0) is 20.9 Å². The van der Waals surface area contributed by atoms with Crippen LogP contribution in [-0.4, -0.2) is 93.3 Å². The molecular formula is C26H39N7O4. The summed E-state index contributed by atoms with van der Waals surface area (Å²) >= 11 is 0. The van der Waals surface area contributed by atoms with Crippen LogP contribution in [0.2, 0.25) is 0 Å². The van der Waals surface area contributed by atoms with Gasteiger partial charge in [0.1, 0.15) is 12.2 Å². The average molecular weight is 514 g/mol. The summed E-state index contributed by atoms with van der Waals surface area (Å²) in [6.45, 7) is 10.0. The predicted molar refractivity (Wildman–Crippen MR) is 138 cm³/mol. The van der Waals surface area contributed by atoms with E-state index in [1.807, 2.05) is 4.90 Å². The fourth-order valence-corrected chi connectivity index (χ4v) is 5.39. The fraction of sp³-hybridized carbons (Fsp3) is 0.654. The maximum absolute atomic E-state index is 12.7. The molecule has 1 aromatic heterocycles. The standard InChI is InChI=1S/C26H39N7O4/c1-18(2)24-21(15-22-25(36)33(19(3)34)16-23(35)29-22)27-17-32(24)10-6-9-30-11-13-31(14-12-30)26(37)28-20-7-4-5-8-20/h15,17-18,20H,4-14,16H2,1-3H3,(H,28,37)(H,29,35)/b22-15-. The highest BCUT2D eigenvalue weighted by atomic mass is 16.2. The first-order chi connectivity index (χ1) is 17.7. The van der Waals surface area contributed by atoms with Crippen LogP contribution in [0.1, 0.15) is 70.2 Å². The molecule has 202 valence electrons. The number of urea groups is 1. The molecule has 0 aromatic carbocycles. The van der Waals surface area contributed by atoms with Gasteiger partial charge in [0, 0.05) is 51.4 Å². The van der Waals surface area contributed by atoms with Crippen LogP contribution in [0, 0.1) is 0 Å². The lowest BCUT2D eigenvalue weighted by Gasteiger charge is -2.35. The van der Waals surface area contributed by atoms with Crippen molar-refractivity contribution in [1.29, 1.82) is 0 Å². The first kappa shape index (κ1) is 26.8. The molecule has 2 N–H and O–H groups in total. The highest BCUT2D eigenvalue weighted by Crippen LogP contribution is 2.23. The molecule has 1 saturated carbocycles. The van der Waals surface area contributed by atoms with Gasteiger partial charge in [-0.05, 0) is 37.8 Å². The topological polar surface area (TPSA) is 120 Å². The molecule has 0 spiro atoms. The van der Waals surface area contributed by atoms with E-state index in [4.69, 9.17) is 0 Å². The maximum Gasteiger partial charge on any atom is 0.317 e. The molecule has 1 aromatic rings. The monoisotopic (exact) mass is 513 g/mol. The SMILES string of the molecule is CC(=O)N1CC(=O)N/C(=C\c2ncn(CCCN3CCN(C(=O)NC4CCCC4)CC3)c2C(C)C)C1=O. The van der Waals surface area contributed by atoms with E-state index < -0.39 is 17.7 Å². The first-order valence-corrected chi connectivity index (χ1v) is 13.4. The van der Waals surface area contributed by atoms with E-state index >= 15 is 0 Å². The number of carbonyl (C=O) groups excluding carboxylic acids is 4. The van der Waals surface area contributed by atoms with E-state index in [-0.39, 0.29) is 24.2 Å². The Morgan fingerprint density at radius 1 is 1.14 bits per heavy atom. The summed E-state index contributed by atoms with van der Waals surface area (Å²) in [5, 5.41) is 5.76. The van der Waals surface area contributed by atoms with Gasteiger partial charge in [0.2, 0.25) is 11.8 Å². The van der Waals surface area contributed by atoms with Crippen LogP contribution in [0.5, 0.6) is 0 Å². The lowest BCUT2D eigenvalue weighted by molar-refractivity contribution is -0.147. The summed E-state index contributed by atoms with van der Waals surface area (Å²) in [5.74, 6) is -1.24. The van der Waals surface area contributed by atoms with E-state index in [0.29, 0.717) is 11.7 Å². The van der Waals surface area contributed by atoms with Gasteiger partial charge in [0.05, 0.1) is 12.0 Å². The van der Waals surface area contributed by atoms with Crippen LogP contribution >= 0.6 is 0 Å². The van der Waals surface area contributed by atoms with Crippen molar-refractivity contribution >= 4 is 29.8 Å². The number of imide groups is 1. The molecule has 3 heterocycles. The zero-order chi connectivity index (χ0) is 26.5. The molecular weight excluding hydrogens is 474 g/mol. The second-order valence-corrected chi connectivity index (χ2v) is 10.5. The largest absolute Gasteiger partial charge is 0.335 e. The third kappa shape index (κ3) is 6.57. The number of imidazole rings is 1. The summed E-state index contributed by atoms with van der Waals surface area (Å²) in [4.78, 5) is 58.7. The summed E-state index contributed by atoms with van der Waals surface area (Å²) in [6, 6.07) is 0.421. The molecule has 4 rings (SSSR count). The molecule has 11 nitrogen and oxygen atoms in total. The van der Waals surface area contributed by atoms with Gasteiger partial charge < -0.3 is 20.1 Å². The minimum Gasteiger partial charge on any atom is -0.335 e. The number of aromatic nitrogens is 2. The highest BCUT2D eigenvalue weighted by molar-refractivity contribution is 6.12. The number of rotatable bonds is 7. The third-order valence-electron chi connectivity index (χ3n) is 7.38. The first-order valence-electron chi connectivity index (χ1n) is 13.4. The van der Waals surface area contributed by atoms with Crippen molar-refractivity contribution in [2.45, 2.75) is 71.4 Å². The minimum absolute atomic E-state index is 0.0634. The van der Waals surface area contributed by atoms with Gasteiger partial charge in [-0.1, -0.05) is 26.7 Å². The maximum atomic E-state index is 12.7. The van der Waals surface area contributed by atoms with Crippen LogP contribution in [0.25, 0.3) is 6.08 Å². The van der Waals surface area contributed by atoms with E-state index in [1.165, 1.54) is 19.8 Å². The van der Waals surface area contributed by atoms with E-state index in [0.717, 1.165) is 69.1 Å². The van der Waals surface area contributed by atoms with Gasteiger partial charge in [-0.2, -0.15) is 0 Å². The van der Waals surface area contributed by atoms with Gasteiger partial charge in [0.15, 0.2) is 0 Å². The highest BCUT2D eigenvalue weighted by Gasteiger charge is 2.31. The zero-order valence-electron chi connectivity index (χ0n) is 22.2. The summed E-state index contributed by atoms with van der Waals surface area (Å²) in [7, 11) is 0. The number of nitrogens with zero attached hydrogens (tertiary/aromatic N) is 5. The van der Waals surface area contributed by atoms with E-state index in [1.54, 1.807) is 12.4 Å². The fourth-order valence-electron chi connectivity index (χ4n) is 5.39. The number of hydrogen-bond acceptors (Lipinski definition) is 6. The van der Waals surface area contributed by atoms with Crippen molar-refractivity contribution in [3.8, 4) is 0 Å². The quantitative estimate of drug-likeness (QED) is 0.534. The molecule has 11 heteroatoms. The molecule has 5 amide bonds. The van der Waals surface area contributed by atoms with Crippen LogP contribution < -0.4 is 10.6 Å². The number of amides is 5. The van der Waals surface area contributed by atoms with Crippen LogP contribution in [0.15, 0.2) is 12.0 Å². The molecule has 0 unspecified atom stereocenters. The number of piperazine rings is 2. The second kappa shape index (κ2) is 11.9. The number of aryl methyl sites for hydroxylation is 1. The van der Waals surface area contributed by atoms with Crippen molar-refractivity contribution in [2.24, 2.45) is 0 Å². The molecule has 2 aliphatic heterocycles. The Kier molecular flexibility index (Phi) is 8.63. The Balaban J connectivity index is 1.31. The normalized spacial score (nSPS) is 20.7. The Bertz CT molecular complexity index is 1050. The van der Waals surface area contributed by atoms with Crippen LogP contribution in [0.3, 0.4) is 0 Å². The zero-order valence-corrected chi connectivity index (χ0v) is 22.2. The average Bonchev–Trinajstić information content (AvgIpc) is 3.51. The predicted octanol–water partition coefficient (Wildman–Crippen LogP) is 1.51.